The van der Waals surface area contributed by atoms with E-state index in [0.717, 1.165) is 28.3 Å². The third-order valence-corrected chi connectivity index (χ3v) is 4.20. The van der Waals surface area contributed by atoms with Crippen LogP contribution < -0.4 is 4.74 Å². The van der Waals surface area contributed by atoms with Gasteiger partial charge in [-0.3, -0.25) is 9.38 Å². The van der Waals surface area contributed by atoms with Crippen molar-refractivity contribution in [2.45, 2.75) is 20.5 Å². The van der Waals surface area contributed by atoms with E-state index >= 15 is 0 Å². The van der Waals surface area contributed by atoms with Crippen molar-refractivity contribution < 1.29 is 4.74 Å². The minimum Gasteiger partial charge on any atom is -0.486 e. The van der Waals surface area contributed by atoms with E-state index in [-0.39, 0.29) is 0 Å². The first kappa shape index (κ1) is 15.4. The molecule has 0 radical (unpaired) electrons. The summed E-state index contributed by atoms with van der Waals surface area (Å²) in [5.41, 5.74) is 6.42. The Morgan fingerprint density at radius 2 is 1.76 bits per heavy atom. The number of benzene rings is 1. The Hall–Kier alpha value is -3.14. The Morgan fingerprint density at radius 1 is 0.960 bits per heavy atom. The Balaban J connectivity index is 1.79. The van der Waals surface area contributed by atoms with E-state index in [1.165, 1.54) is 11.1 Å². The lowest BCUT2D eigenvalue weighted by molar-refractivity contribution is 0.299. The lowest BCUT2D eigenvalue weighted by atomic mass is 10.1. The van der Waals surface area contributed by atoms with Gasteiger partial charge in [0.1, 0.15) is 18.0 Å². The van der Waals surface area contributed by atoms with E-state index in [1.54, 1.807) is 12.4 Å². The predicted octanol–water partition coefficient (Wildman–Crippen LogP) is 4.59. The molecule has 0 amide bonds. The monoisotopic (exact) mass is 329 g/mol. The summed E-state index contributed by atoms with van der Waals surface area (Å²) in [6, 6.07) is 16.3. The second-order valence-electron chi connectivity index (χ2n) is 6.19. The molecule has 3 aromatic heterocycles. The third kappa shape index (κ3) is 3.11. The predicted molar refractivity (Wildman–Crippen MR) is 98.7 cm³/mol. The summed E-state index contributed by atoms with van der Waals surface area (Å²) >= 11 is 0. The number of imidazole rings is 1. The van der Waals surface area contributed by atoms with Gasteiger partial charge in [0.05, 0.1) is 17.6 Å². The van der Waals surface area contributed by atoms with Crippen LogP contribution in [0.3, 0.4) is 0 Å². The molecule has 0 aliphatic carbocycles. The Labute approximate surface area is 146 Å². The molecule has 124 valence electrons. The highest BCUT2D eigenvalue weighted by Gasteiger charge is 2.15. The average Bonchev–Trinajstić information content (AvgIpc) is 2.99. The minimum atomic E-state index is 0.430. The first-order valence-electron chi connectivity index (χ1n) is 8.28. The number of rotatable bonds is 4. The SMILES string of the molecule is Cc1ccc(-c2nc3ccc(C)cn3c2COc2cccnc2)cc1. The second-order valence-corrected chi connectivity index (χ2v) is 6.19. The van der Waals surface area contributed by atoms with Gasteiger partial charge in [-0.2, -0.15) is 0 Å². The summed E-state index contributed by atoms with van der Waals surface area (Å²) < 4.78 is 8.07. The molecule has 0 fully saturated rings. The van der Waals surface area contributed by atoms with Gasteiger partial charge in [-0.15, -0.1) is 0 Å². The molecular weight excluding hydrogens is 310 g/mol. The Kier molecular flexibility index (Phi) is 3.94. The zero-order chi connectivity index (χ0) is 17.2. The van der Waals surface area contributed by atoms with E-state index in [9.17, 15) is 0 Å². The van der Waals surface area contributed by atoms with Crippen LogP contribution >= 0.6 is 0 Å². The highest BCUT2D eigenvalue weighted by atomic mass is 16.5. The van der Waals surface area contributed by atoms with Gasteiger partial charge in [0.15, 0.2) is 0 Å². The molecule has 0 aliphatic heterocycles. The molecule has 0 spiro atoms. The van der Waals surface area contributed by atoms with Crippen molar-refractivity contribution in [1.29, 1.82) is 0 Å². The average molecular weight is 329 g/mol. The van der Waals surface area contributed by atoms with Gasteiger partial charge < -0.3 is 4.74 Å². The van der Waals surface area contributed by atoms with Crippen LogP contribution in [0, 0.1) is 13.8 Å². The number of aromatic nitrogens is 3. The molecule has 0 aliphatic rings. The molecule has 0 saturated carbocycles. The van der Waals surface area contributed by atoms with Gasteiger partial charge in [-0.05, 0) is 37.6 Å². The number of pyridine rings is 2. The van der Waals surface area contributed by atoms with Crippen LogP contribution in [0.1, 0.15) is 16.8 Å². The fourth-order valence-electron chi connectivity index (χ4n) is 2.86. The molecular formula is C21H19N3O. The molecule has 1 aromatic carbocycles. The van der Waals surface area contributed by atoms with Crippen molar-refractivity contribution in [2.24, 2.45) is 0 Å². The molecule has 0 atom stereocenters. The molecule has 3 heterocycles. The number of ether oxygens (including phenoxy) is 1. The van der Waals surface area contributed by atoms with Gasteiger partial charge in [-0.1, -0.05) is 35.9 Å². The molecule has 25 heavy (non-hydrogen) atoms. The van der Waals surface area contributed by atoms with Crippen molar-refractivity contribution in [3.8, 4) is 17.0 Å². The molecule has 4 nitrogen and oxygen atoms in total. The highest BCUT2D eigenvalue weighted by Crippen LogP contribution is 2.26. The Morgan fingerprint density at radius 3 is 2.52 bits per heavy atom. The zero-order valence-electron chi connectivity index (χ0n) is 14.3. The standard InChI is InChI=1S/C21H19N3O/c1-15-5-8-17(9-6-15)21-19(14-25-18-4-3-11-22-12-18)24-13-16(2)7-10-20(24)23-21/h3-13H,14H2,1-2H3. The summed E-state index contributed by atoms with van der Waals surface area (Å²) in [5, 5.41) is 0. The number of hydrogen-bond acceptors (Lipinski definition) is 3. The van der Waals surface area contributed by atoms with Gasteiger partial charge >= 0.3 is 0 Å². The van der Waals surface area contributed by atoms with Crippen LogP contribution in [0.2, 0.25) is 0 Å². The molecule has 0 N–H and O–H groups in total. The number of hydrogen-bond donors (Lipinski definition) is 0. The topological polar surface area (TPSA) is 39.4 Å². The van der Waals surface area contributed by atoms with Crippen LogP contribution in [0.4, 0.5) is 0 Å². The summed E-state index contributed by atoms with van der Waals surface area (Å²) in [5.74, 6) is 0.750. The smallest absolute Gasteiger partial charge is 0.138 e. The minimum absolute atomic E-state index is 0.430. The maximum Gasteiger partial charge on any atom is 0.138 e. The lowest BCUT2D eigenvalue weighted by Crippen LogP contribution is -2.02. The van der Waals surface area contributed by atoms with E-state index in [4.69, 9.17) is 9.72 Å². The van der Waals surface area contributed by atoms with Crippen molar-refractivity contribution in [2.75, 3.05) is 0 Å². The molecule has 4 heteroatoms. The summed E-state index contributed by atoms with van der Waals surface area (Å²) in [6.07, 6.45) is 5.56. The fourth-order valence-corrected chi connectivity index (χ4v) is 2.86. The summed E-state index contributed by atoms with van der Waals surface area (Å²) in [6.45, 7) is 4.60. The van der Waals surface area contributed by atoms with Gasteiger partial charge in [-0.25, -0.2) is 4.98 Å². The van der Waals surface area contributed by atoms with Crippen LogP contribution in [-0.4, -0.2) is 14.4 Å². The normalized spacial score (nSPS) is 11.0. The first-order chi connectivity index (χ1) is 12.2. The van der Waals surface area contributed by atoms with Crippen molar-refractivity contribution in [3.05, 3.63) is 83.9 Å². The maximum atomic E-state index is 5.96. The highest BCUT2D eigenvalue weighted by molar-refractivity contribution is 5.67. The van der Waals surface area contributed by atoms with E-state index in [0.29, 0.717) is 6.61 Å². The number of fused-ring (bicyclic) bond motifs is 1. The molecule has 0 unspecified atom stereocenters. The van der Waals surface area contributed by atoms with E-state index in [2.05, 4.69) is 59.8 Å². The van der Waals surface area contributed by atoms with Crippen molar-refractivity contribution >= 4 is 5.65 Å². The van der Waals surface area contributed by atoms with Crippen molar-refractivity contribution in [3.63, 3.8) is 0 Å². The molecule has 0 bridgehead atoms. The Bertz CT molecular complexity index is 1000. The molecule has 4 aromatic rings. The molecule has 4 rings (SSSR count). The number of aryl methyl sites for hydroxylation is 2. The largest absolute Gasteiger partial charge is 0.486 e. The maximum absolute atomic E-state index is 5.96. The lowest BCUT2D eigenvalue weighted by Gasteiger charge is -2.08. The first-order valence-corrected chi connectivity index (χ1v) is 8.28. The van der Waals surface area contributed by atoms with Crippen LogP contribution in [-0.2, 0) is 6.61 Å². The van der Waals surface area contributed by atoms with Gasteiger partial charge in [0.2, 0.25) is 0 Å². The van der Waals surface area contributed by atoms with Gasteiger partial charge in [0.25, 0.3) is 0 Å². The van der Waals surface area contributed by atoms with E-state index < -0.39 is 0 Å². The van der Waals surface area contributed by atoms with Crippen LogP contribution in [0.15, 0.2) is 67.1 Å². The van der Waals surface area contributed by atoms with E-state index in [1.807, 2.05) is 18.2 Å². The van der Waals surface area contributed by atoms with Gasteiger partial charge in [0, 0.05) is 18.0 Å². The second kappa shape index (κ2) is 6.40. The van der Waals surface area contributed by atoms with Crippen LogP contribution in [0.25, 0.3) is 16.9 Å². The van der Waals surface area contributed by atoms with Crippen molar-refractivity contribution in [1.82, 2.24) is 14.4 Å². The van der Waals surface area contributed by atoms with Crippen LogP contribution in [0.5, 0.6) is 5.75 Å². The number of nitrogens with zero attached hydrogens (tertiary/aromatic N) is 3. The zero-order valence-corrected chi connectivity index (χ0v) is 14.3. The third-order valence-electron chi connectivity index (χ3n) is 4.20. The summed E-state index contributed by atoms with van der Waals surface area (Å²) in [7, 11) is 0. The summed E-state index contributed by atoms with van der Waals surface area (Å²) in [4.78, 5) is 8.94. The molecule has 0 saturated heterocycles. The quantitative estimate of drug-likeness (QED) is 0.549. The fraction of sp³-hybridized carbons (Fsp3) is 0.143.